The van der Waals surface area contributed by atoms with Crippen molar-refractivity contribution < 1.29 is 0 Å². The molecule has 3 aromatic rings. The van der Waals surface area contributed by atoms with Gasteiger partial charge in [-0.15, -0.1) is 0 Å². The largest absolute Gasteiger partial charge is 0.357 e. The van der Waals surface area contributed by atoms with E-state index in [9.17, 15) is 0 Å². The minimum Gasteiger partial charge on any atom is -0.357 e. The third-order valence-corrected chi connectivity index (χ3v) is 4.50. The van der Waals surface area contributed by atoms with Gasteiger partial charge in [0, 0.05) is 49.0 Å². The van der Waals surface area contributed by atoms with Crippen LogP contribution in [0.5, 0.6) is 0 Å². The van der Waals surface area contributed by atoms with Crippen molar-refractivity contribution in [2.45, 2.75) is 26.4 Å². The number of aromatic amines is 2. The third-order valence-electron chi connectivity index (χ3n) is 4.19. The van der Waals surface area contributed by atoms with Gasteiger partial charge in [-0.2, -0.15) is 0 Å². The number of H-pyrrole nitrogens is 2. The Balaban J connectivity index is 1.65. The number of nitrogens with one attached hydrogen (secondary N) is 2. The van der Waals surface area contributed by atoms with Crippen LogP contribution in [0.25, 0.3) is 10.9 Å². The smallest absolute Gasteiger partial charge is 0.103 e. The predicted octanol–water partition coefficient (Wildman–Crippen LogP) is 3.41. The number of aryl methyl sites for hydroxylation is 1. The Labute approximate surface area is 128 Å². The van der Waals surface area contributed by atoms with Crippen LogP contribution in [0.2, 0.25) is 5.02 Å². The summed E-state index contributed by atoms with van der Waals surface area (Å²) in [6.07, 6.45) is 2.96. The quantitative estimate of drug-likeness (QED) is 0.762. The molecule has 21 heavy (non-hydrogen) atoms. The number of halogens is 1. The van der Waals surface area contributed by atoms with E-state index in [1.54, 1.807) is 0 Å². The van der Waals surface area contributed by atoms with E-state index in [0.29, 0.717) is 0 Å². The molecule has 0 saturated heterocycles. The molecule has 3 heterocycles. The molecule has 0 unspecified atom stereocenters. The van der Waals surface area contributed by atoms with E-state index >= 15 is 0 Å². The van der Waals surface area contributed by atoms with Crippen LogP contribution in [-0.2, 0) is 19.5 Å². The van der Waals surface area contributed by atoms with Crippen molar-refractivity contribution in [1.82, 2.24) is 19.9 Å². The van der Waals surface area contributed by atoms with Gasteiger partial charge in [0.1, 0.15) is 5.82 Å². The molecule has 4 rings (SSSR count). The fraction of sp³-hybridized carbons (Fsp3) is 0.312. The number of nitrogens with zero attached hydrogens (tertiary/aromatic N) is 2. The molecule has 2 aromatic heterocycles. The summed E-state index contributed by atoms with van der Waals surface area (Å²) in [5.74, 6) is 0.974. The van der Waals surface area contributed by atoms with E-state index < -0.39 is 0 Å². The van der Waals surface area contributed by atoms with Crippen LogP contribution in [0.3, 0.4) is 0 Å². The maximum atomic E-state index is 6.29. The zero-order valence-electron chi connectivity index (χ0n) is 11.9. The lowest BCUT2D eigenvalue weighted by Crippen LogP contribution is -2.29. The van der Waals surface area contributed by atoms with Crippen molar-refractivity contribution in [1.29, 1.82) is 0 Å². The van der Waals surface area contributed by atoms with Crippen LogP contribution in [0.1, 0.15) is 22.8 Å². The van der Waals surface area contributed by atoms with E-state index in [-0.39, 0.29) is 0 Å². The Bertz CT molecular complexity index is 802. The van der Waals surface area contributed by atoms with Gasteiger partial charge in [0.15, 0.2) is 0 Å². The molecule has 0 radical (unpaired) electrons. The molecule has 0 aliphatic carbocycles. The van der Waals surface area contributed by atoms with Crippen molar-refractivity contribution in [3.63, 3.8) is 0 Å². The predicted molar refractivity (Wildman–Crippen MR) is 84.5 cm³/mol. The van der Waals surface area contributed by atoms with Gasteiger partial charge in [0.05, 0.1) is 10.5 Å². The van der Waals surface area contributed by atoms with Crippen molar-refractivity contribution in [2.75, 3.05) is 6.54 Å². The second kappa shape index (κ2) is 4.90. The first-order valence-electron chi connectivity index (χ1n) is 7.21. The van der Waals surface area contributed by atoms with Gasteiger partial charge >= 0.3 is 0 Å². The van der Waals surface area contributed by atoms with E-state index in [1.165, 1.54) is 22.3 Å². The van der Waals surface area contributed by atoms with Crippen molar-refractivity contribution in [2.24, 2.45) is 0 Å². The third kappa shape index (κ3) is 2.24. The molecular formula is C16H17ClN4. The molecule has 0 saturated carbocycles. The van der Waals surface area contributed by atoms with Crippen molar-refractivity contribution >= 4 is 22.5 Å². The maximum Gasteiger partial charge on any atom is 0.103 e. The number of imidazole rings is 1. The number of hydrogen-bond donors (Lipinski definition) is 2. The molecule has 4 nitrogen and oxygen atoms in total. The summed E-state index contributed by atoms with van der Waals surface area (Å²) in [6.45, 7) is 4.90. The van der Waals surface area contributed by atoms with Crippen LogP contribution in [0.15, 0.2) is 24.4 Å². The van der Waals surface area contributed by atoms with Crippen LogP contribution in [0.4, 0.5) is 0 Å². The van der Waals surface area contributed by atoms with Crippen molar-refractivity contribution in [3.8, 4) is 0 Å². The number of fused-ring (bicyclic) bond motifs is 3. The van der Waals surface area contributed by atoms with E-state index in [1.807, 2.05) is 25.3 Å². The van der Waals surface area contributed by atoms with Crippen LogP contribution >= 0.6 is 11.6 Å². The topological polar surface area (TPSA) is 47.7 Å². The lowest BCUT2D eigenvalue weighted by Gasteiger charge is -2.26. The number of aromatic nitrogens is 3. The minimum absolute atomic E-state index is 0.803. The lowest BCUT2D eigenvalue weighted by atomic mass is 10.0. The lowest BCUT2D eigenvalue weighted by molar-refractivity contribution is 0.243. The Kier molecular flexibility index (Phi) is 3.01. The fourth-order valence-corrected chi connectivity index (χ4v) is 3.41. The van der Waals surface area contributed by atoms with Gasteiger partial charge in [-0.3, -0.25) is 4.90 Å². The van der Waals surface area contributed by atoms with Gasteiger partial charge < -0.3 is 9.97 Å². The SMILES string of the molecule is Cc1ncc(CN2CCc3[nH]c4c(Cl)cccc4c3C2)[nH]1. The summed E-state index contributed by atoms with van der Waals surface area (Å²) in [4.78, 5) is 13.5. The van der Waals surface area contributed by atoms with Crippen molar-refractivity contribution in [3.05, 3.63) is 52.2 Å². The molecule has 108 valence electrons. The molecule has 0 fully saturated rings. The summed E-state index contributed by atoms with van der Waals surface area (Å²) in [6, 6.07) is 6.12. The van der Waals surface area contributed by atoms with Crippen LogP contribution in [-0.4, -0.2) is 26.4 Å². The van der Waals surface area contributed by atoms with Crippen LogP contribution in [0, 0.1) is 6.92 Å². The molecule has 1 aliphatic heterocycles. The van der Waals surface area contributed by atoms with Gasteiger partial charge in [0.25, 0.3) is 0 Å². The molecule has 0 atom stereocenters. The Morgan fingerprint density at radius 2 is 2.24 bits per heavy atom. The fourth-order valence-electron chi connectivity index (χ4n) is 3.19. The standard InChI is InChI=1S/C16H17ClN4/c1-10-18-7-11(19-10)8-21-6-5-15-13(9-21)12-3-2-4-14(17)16(12)20-15/h2-4,7,20H,5-6,8-9H2,1H3,(H,18,19). The molecule has 1 aliphatic rings. The highest BCUT2D eigenvalue weighted by Gasteiger charge is 2.21. The monoisotopic (exact) mass is 300 g/mol. The Morgan fingerprint density at radius 1 is 1.33 bits per heavy atom. The highest BCUT2D eigenvalue weighted by Crippen LogP contribution is 2.31. The van der Waals surface area contributed by atoms with Crippen LogP contribution < -0.4 is 0 Å². The molecular weight excluding hydrogens is 284 g/mol. The molecule has 2 N–H and O–H groups in total. The summed E-state index contributed by atoms with van der Waals surface area (Å²) >= 11 is 6.29. The summed E-state index contributed by atoms with van der Waals surface area (Å²) < 4.78 is 0. The Morgan fingerprint density at radius 3 is 3.05 bits per heavy atom. The number of hydrogen-bond acceptors (Lipinski definition) is 2. The van der Waals surface area contributed by atoms with E-state index in [2.05, 4.69) is 25.9 Å². The average Bonchev–Trinajstić information content (AvgIpc) is 3.04. The number of para-hydroxylation sites is 1. The molecule has 0 spiro atoms. The van der Waals surface area contributed by atoms with E-state index in [0.717, 1.165) is 42.4 Å². The zero-order valence-corrected chi connectivity index (χ0v) is 12.7. The second-order valence-corrected chi connectivity index (χ2v) is 6.11. The number of rotatable bonds is 2. The molecule has 1 aromatic carbocycles. The molecule has 0 amide bonds. The Hall–Kier alpha value is -1.78. The average molecular weight is 301 g/mol. The van der Waals surface area contributed by atoms with Gasteiger partial charge in [-0.05, 0) is 18.6 Å². The van der Waals surface area contributed by atoms with E-state index in [4.69, 9.17) is 11.6 Å². The minimum atomic E-state index is 0.803. The highest BCUT2D eigenvalue weighted by molar-refractivity contribution is 6.35. The molecule has 0 bridgehead atoms. The maximum absolute atomic E-state index is 6.29. The summed E-state index contributed by atoms with van der Waals surface area (Å²) in [5, 5.41) is 2.06. The second-order valence-electron chi connectivity index (χ2n) is 5.70. The molecule has 5 heteroatoms. The first-order valence-corrected chi connectivity index (χ1v) is 7.59. The first-order chi connectivity index (χ1) is 10.2. The summed E-state index contributed by atoms with van der Waals surface area (Å²) in [7, 11) is 0. The van der Waals surface area contributed by atoms with Gasteiger partial charge in [-0.1, -0.05) is 23.7 Å². The van der Waals surface area contributed by atoms with Gasteiger partial charge in [-0.25, -0.2) is 4.98 Å². The first kappa shape index (κ1) is 12.9. The normalized spacial score (nSPS) is 15.5. The highest BCUT2D eigenvalue weighted by atomic mass is 35.5. The summed E-state index contributed by atoms with van der Waals surface area (Å²) in [5.41, 5.74) is 4.96. The van der Waals surface area contributed by atoms with Gasteiger partial charge in [0.2, 0.25) is 0 Å². The number of benzene rings is 1. The zero-order chi connectivity index (χ0) is 14.4.